The number of hydrogen-bond acceptors (Lipinski definition) is 5. The molecule has 156 valence electrons. The molecule has 0 bridgehead atoms. The van der Waals surface area contributed by atoms with Crippen molar-refractivity contribution in [3.8, 4) is 0 Å². The van der Waals surface area contributed by atoms with Gasteiger partial charge in [-0.2, -0.15) is 5.10 Å². The first-order chi connectivity index (χ1) is 13.7. The van der Waals surface area contributed by atoms with Crippen molar-refractivity contribution in [1.82, 2.24) is 20.8 Å². The Hall–Kier alpha value is -3.17. The lowest BCUT2D eigenvalue weighted by Gasteiger charge is -2.19. The number of aromatic nitrogens is 2. The molecule has 1 fully saturated rings. The molecule has 3 N–H and O–H groups in total. The van der Waals surface area contributed by atoms with Gasteiger partial charge in [0.05, 0.1) is 16.8 Å². The maximum absolute atomic E-state index is 14.2. The molecule has 3 rings (SSSR count). The summed E-state index contributed by atoms with van der Waals surface area (Å²) in [7, 11) is 0. The van der Waals surface area contributed by atoms with E-state index in [0.29, 0.717) is 5.52 Å². The van der Waals surface area contributed by atoms with E-state index in [1.807, 2.05) is 0 Å². The van der Waals surface area contributed by atoms with Crippen LogP contribution in [0.1, 0.15) is 27.2 Å². The van der Waals surface area contributed by atoms with Gasteiger partial charge >= 0.3 is 6.09 Å². The molecule has 9 nitrogen and oxygen atoms in total. The van der Waals surface area contributed by atoms with Crippen molar-refractivity contribution in [2.45, 2.75) is 32.8 Å². The lowest BCUT2D eigenvalue weighted by Crippen LogP contribution is -2.40. The summed E-state index contributed by atoms with van der Waals surface area (Å²) in [5.41, 5.74) is -0.120. The summed E-state index contributed by atoms with van der Waals surface area (Å²) in [5, 5.41) is 12.2. The second-order valence-corrected chi connectivity index (χ2v) is 7.83. The standard InChI is InChI=1S/C19H24FN5O4/c1-19(2,3)29-18(28)22-8-7-21-17(27)11-9-14(26)25(10-11)16-15-12(20)5-4-6-13(15)23-24-16/h4-6,11H,7-10H2,1-3H3,(H,21,27)(H,22,28)(H,23,24). The van der Waals surface area contributed by atoms with Crippen LogP contribution in [0.15, 0.2) is 18.2 Å². The molecule has 1 aliphatic rings. The molecule has 1 unspecified atom stereocenters. The maximum Gasteiger partial charge on any atom is 0.407 e. The van der Waals surface area contributed by atoms with E-state index < -0.39 is 23.4 Å². The van der Waals surface area contributed by atoms with Crippen LogP contribution in [0.25, 0.3) is 10.9 Å². The number of carbonyl (C=O) groups excluding carboxylic acids is 3. The topological polar surface area (TPSA) is 116 Å². The summed E-state index contributed by atoms with van der Waals surface area (Å²) >= 11 is 0. The van der Waals surface area contributed by atoms with E-state index in [4.69, 9.17) is 4.74 Å². The Kier molecular flexibility index (Phi) is 5.71. The molecule has 2 aromatic rings. The van der Waals surface area contributed by atoms with Crippen LogP contribution >= 0.6 is 0 Å². The molecule has 1 saturated heterocycles. The Morgan fingerprint density at radius 3 is 2.76 bits per heavy atom. The fourth-order valence-electron chi connectivity index (χ4n) is 3.11. The van der Waals surface area contributed by atoms with E-state index in [0.717, 1.165) is 0 Å². The van der Waals surface area contributed by atoms with Crippen molar-refractivity contribution in [3.63, 3.8) is 0 Å². The predicted molar refractivity (Wildman–Crippen MR) is 104 cm³/mol. The number of benzene rings is 1. The molecular formula is C19H24FN5O4. The van der Waals surface area contributed by atoms with Crippen LogP contribution in [0.2, 0.25) is 0 Å². The lowest BCUT2D eigenvalue weighted by molar-refractivity contribution is -0.126. The minimum absolute atomic E-state index is 0.00807. The Morgan fingerprint density at radius 1 is 1.31 bits per heavy atom. The molecule has 0 aliphatic carbocycles. The normalized spacial score (nSPS) is 16.9. The lowest BCUT2D eigenvalue weighted by atomic mass is 10.1. The van der Waals surface area contributed by atoms with E-state index in [1.54, 1.807) is 32.9 Å². The minimum atomic E-state index is -0.600. The molecular weight excluding hydrogens is 381 g/mol. The van der Waals surface area contributed by atoms with E-state index in [2.05, 4.69) is 20.8 Å². The number of ether oxygens (including phenoxy) is 1. The van der Waals surface area contributed by atoms with E-state index >= 15 is 0 Å². The van der Waals surface area contributed by atoms with Crippen molar-refractivity contribution in [1.29, 1.82) is 0 Å². The van der Waals surface area contributed by atoms with Crippen LogP contribution in [0, 0.1) is 11.7 Å². The molecule has 10 heteroatoms. The van der Waals surface area contributed by atoms with Crippen LogP contribution in [0.4, 0.5) is 15.0 Å². The first-order valence-corrected chi connectivity index (χ1v) is 9.33. The van der Waals surface area contributed by atoms with Crippen LogP contribution in [0.3, 0.4) is 0 Å². The summed E-state index contributed by atoms with van der Waals surface area (Å²) in [6.07, 6.45) is -0.560. The Bertz CT molecular complexity index is 936. The zero-order chi connectivity index (χ0) is 21.2. The molecule has 1 atom stereocenters. The number of alkyl carbamates (subject to hydrolysis) is 1. The Balaban J connectivity index is 1.53. The average Bonchev–Trinajstić information content (AvgIpc) is 3.21. The van der Waals surface area contributed by atoms with Gasteiger partial charge in [0.2, 0.25) is 11.8 Å². The number of aromatic amines is 1. The van der Waals surface area contributed by atoms with E-state index in [9.17, 15) is 18.8 Å². The highest BCUT2D eigenvalue weighted by Crippen LogP contribution is 2.31. The number of anilines is 1. The third kappa shape index (κ3) is 4.82. The molecule has 0 spiro atoms. The molecule has 2 heterocycles. The van der Waals surface area contributed by atoms with Gasteiger partial charge in [0, 0.05) is 26.1 Å². The van der Waals surface area contributed by atoms with Crippen LogP contribution < -0.4 is 15.5 Å². The molecule has 1 aliphatic heterocycles. The van der Waals surface area contributed by atoms with Gasteiger partial charge in [0.25, 0.3) is 0 Å². The monoisotopic (exact) mass is 405 g/mol. The highest BCUT2D eigenvalue weighted by molar-refractivity contribution is 6.05. The van der Waals surface area contributed by atoms with Gasteiger partial charge in [0.1, 0.15) is 11.4 Å². The van der Waals surface area contributed by atoms with Gasteiger partial charge in [-0.15, -0.1) is 0 Å². The zero-order valence-electron chi connectivity index (χ0n) is 16.5. The van der Waals surface area contributed by atoms with Crippen molar-refractivity contribution in [2.24, 2.45) is 5.92 Å². The summed E-state index contributed by atoms with van der Waals surface area (Å²) in [5.74, 6) is -1.49. The number of rotatable bonds is 5. The van der Waals surface area contributed by atoms with Gasteiger partial charge in [-0.25, -0.2) is 9.18 Å². The average molecular weight is 405 g/mol. The quantitative estimate of drug-likeness (QED) is 0.655. The zero-order valence-corrected chi connectivity index (χ0v) is 16.5. The van der Waals surface area contributed by atoms with Crippen molar-refractivity contribution in [2.75, 3.05) is 24.5 Å². The molecule has 0 radical (unpaired) electrons. The largest absolute Gasteiger partial charge is 0.444 e. The summed E-state index contributed by atoms with van der Waals surface area (Å²) < 4.78 is 19.3. The van der Waals surface area contributed by atoms with Crippen LogP contribution in [-0.2, 0) is 14.3 Å². The third-order valence-corrected chi connectivity index (χ3v) is 4.36. The maximum atomic E-state index is 14.2. The molecule has 3 amide bonds. The predicted octanol–water partition coefficient (Wildman–Crippen LogP) is 1.70. The molecule has 29 heavy (non-hydrogen) atoms. The second kappa shape index (κ2) is 8.06. The summed E-state index contributed by atoms with van der Waals surface area (Å²) in [4.78, 5) is 37.7. The number of hydrogen-bond donors (Lipinski definition) is 3. The number of fused-ring (bicyclic) bond motifs is 1. The van der Waals surface area contributed by atoms with Gasteiger partial charge in [-0.3, -0.25) is 19.6 Å². The first-order valence-electron chi connectivity index (χ1n) is 9.33. The number of nitrogens with zero attached hydrogens (tertiary/aromatic N) is 2. The van der Waals surface area contributed by atoms with Gasteiger partial charge in [-0.05, 0) is 32.9 Å². The number of amides is 3. The summed E-state index contributed by atoms with van der Waals surface area (Å²) in [6, 6.07) is 4.51. The Morgan fingerprint density at radius 2 is 2.03 bits per heavy atom. The number of halogens is 1. The smallest absolute Gasteiger partial charge is 0.407 e. The van der Waals surface area contributed by atoms with E-state index in [-0.39, 0.29) is 49.1 Å². The number of nitrogens with one attached hydrogen (secondary N) is 3. The highest BCUT2D eigenvalue weighted by Gasteiger charge is 2.37. The van der Waals surface area contributed by atoms with Gasteiger partial charge < -0.3 is 15.4 Å². The van der Waals surface area contributed by atoms with Gasteiger partial charge in [-0.1, -0.05) is 6.07 Å². The number of carbonyl (C=O) groups is 3. The van der Waals surface area contributed by atoms with Crippen LogP contribution in [0.5, 0.6) is 0 Å². The fraction of sp³-hybridized carbons (Fsp3) is 0.474. The van der Waals surface area contributed by atoms with Crippen molar-refractivity contribution in [3.05, 3.63) is 24.0 Å². The Labute approximate surface area is 167 Å². The highest BCUT2D eigenvalue weighted by atomic mass is 19.1. The van der Waals surface area contributed by atoms with Crippen molar-refractivity contribution >= 4 is 34.6 Å². The first kappa shape index (κ1) is 20.6. The van der Waals surface area contributed by atoms with Crippen LogP contribution in [-0.4, -0.2) is 53.3 Å². The second-order valence-electron chi connectivity index (χ2n) is 7.83. The SMILES string of the molecule is CC(C)(C)OC(=O)NCCNC(=O)C1CC(=O)N(c2n[nH]c3cccc(F)c23)C1. The minimum Gasteiger partial charge on any atom is -0.444 e. The van der Waals surface area contributed by atoms with Crippen molar-refractivity contribution < 1.29 is 23.5 Å². The number of H-pyrrole nitrogens is 1. The fourth-order valence-corrected chi connectivity index (χ4v) is 3.11. The molecule has 1 aromatic heterocycles. The van der Waals surface area contributed by atoms with E-state index in [1.165, 1.54) is 11.0 Å². The molecule has 1 aromatic carbocycles. The third-order valence-electron chi connectivity index (χ3n) is 4.36. The molecule has 0 saturated carbocycles. The van der Waals surface area contributed by atoms with Gasteiger partial charge in [0.15, 0.2) is 5.82 Å². The summed E-state index contributed by atoms with van der Waals surface area (Å²) in [6.45, 7) is 5.77.